The first kappa shape index (κ1) is 8.16. The van der Waals surface area contributed by atoms with Crippen LogP contribution in [0.4, 0.5) is 0 Å². The van der Waals surface area contributed by atoms with Crippen molar-refractivity contribution in [1.29, 1.82) is 0 Å². The summed E-state index contributed by atoms with van der Waals surface area (Å²) < 4.78 is 2.04. The molecule has 67 valence electrons. The van der Waals surface area contributed by atoms with Gasteiger partial charge in [0.25, 0.3) is 0 Å². The van der Waals surface area contributed by atoms with Crippen LogP contribution in [-0.4, -0.2) is 19.5 Å². The van der Waals surface area contributed by atoms with Crippen molar-refractivity contribution in [2.24, 2.45) is 0 Å². The smallest absolute Gasteiger partial charge is 0.163 e. The van der Waals surface area contributed by atoms with Crippen LogP contribution in [0, 0.1) is 6.20 Å². The molecule has 0 aromatic carbocycles. The SMILES string of the molecule is CCCCn1cnc2[c]ncnc21. The van der Waals surface area contributed by atoms with E-state index in [0.717, 1.165) is 24.1 Å². The first-order valence-corrected chi connectivity index (χ1v) is 4.45. The quantitative estimate of drug-likeness (QED) is 0.708. The lowest BCUT2D eigenvalue weighted by Gasteiger charge is -1.99. The van der Waals surface area contributed by atoms with Gasteiger partial charge < -0.3 is 4.57 Å². The fourth-order valence-corrected chi connectivity index (χ4v) is 1.26. The van der Waals surface area contributed by atoms with Gasteiger partial charge in [0.05, 0.1) is 6.33 Å². The van der Waals surface area contributed by atoms with E-state index in [0.29, 0.717) is 0 Å². The summed E-state index contributed by atoms with van der Waals surface area (Å²) in [7, 11) is 0. The topological polar surface area (TPSA) is 43.6 Å². The van der Waals surface area contributed by atoms with Crippen LogP contribution in [0.25, 0.3) is 11.2 Å². The van der Waals surface area contributed by atoms with E-state index in [1.54, 1.807) is 6.33 Å². The summed E-state index contributed by atoms with van der Waals surface area (Å²) in [6.45, 7) is 3.14. The normalized spacial score (nSPS) is 10.8. The Kier molecular flexibility index (Phi) is 2.21. The molecule has 1 radical (unpaired) electrons. The van der Waals surface area contributed by atoms with Gasteiger partial charge in [-0.1, -0.05) is 13.3 Å². The van der Waals surface area contributed by atoms with Gasteiger partial charge in [0.15, 0.2) is 5.65 Å². The van der Waals surface area contributed by atoms with Gasteiger partial charge in [0, 0.05) is 6.54 Å². The molecule has 0 saturated heterocycles. The molecule has 13 heavy (non-hydrogen) atoms. The lowest BCUT2D eigenvalue weighted by atomic mass is 10.3. The largest absolute Gasteiger partial charge is 0.315 e. The maximum atomic E-state index is 4.15. The van der Waals surface area contributed by atoms with Crippen LogP contribution in [-0.2, 0) is 6.54 Å². The Morgan fingerprint density at radius 1 is 1.46 bits per heavy atom. The molecule has 2 heterocycles. The van der Waals surface area contributed by atoms with E-state index in [9.17, 15) is 0 Å². The monoisotopic (exact) mass is 175 g/mol. The van der Waals surface area contributed by atoms with Gasteiger partial charge in [-0.05, 0) is 6.42 Å². The zero-order chi connectivity index (χ0) is 9.10. The summed E-state index contributed by atoms with van der Waals surface area (Å²) in [6, 6.07) is 0. The molecule has 2 rings (SSSR count). The maximum absolute atomic E-state index is 4.15. The first-order valence-electron chi connectivity index (χ1n) is 4.45. The Morgan fingerprint density at radius 3 is 3.23 bits per heavy atom. The average molecular weight is 175 g/mol. The highest BCUT2D eigenvalue weighted by Gasteiger charge is 2.01. The molecule has 0 fully saturated rings. The van der Waals surface area contributed by atoms with Crippen LogP contribution in [0.1, 0.15) is 19.8 Å². The number of hydrogen-bond donors (Lipinski definition) is 0. The van der Waals surface area contributed by atoms with Gasteiger partial charge >= 0.3 is 0 Å². The van der Waals surface area contributed by atoms with Crippen molar-refractivity contribution in [3.8, 4) is 0 Å². The van der Waals surface area contributed by atoms with Crippen molar-refractivity contribution in [3.63, 3.8) is 0 Å². The van der Waals surface area contributed by atoms with Crippen molar-refractivity contribution < 1.29 is 0 Å². The zero-order valence-electron chi connectivity index (χ0n) is 7.56. The van der Waals surface area contributed by atoms with E-state index in [2.05, 4.69) is 28.1 Å². The highest BCUT2D eigenvalue weighted by atomic mass is 15.1. The first-order chi connectivity index (χ1) is 6.42. The minimum Gasteiger partial charge on any atom is -0.315 e. The highest BCUT2D eigenvalue weighted by molar-refractivity contribution is 5.68. The van der Waals surface area contributed by atoms with Crippen LogP contribution < -0.4 is 0 Å². The van der Waals surface area contributed by atoms with Gasteiger partial charge in [-0.3, -0.25) is 0 Å². The second kappa shape index (κ2) is 3.51. The minimum absolute atomic E-state index is 0.749. The molecule has 0 N–H and O–H groups in total. The molecule has 0 aliphatic rings. The molecule has 0 saturated carbocycles. The van der Waals surface area contributed by atoms with Crippen molar-refractivity contribution in [2.45, 2.75) is 26.3 Å². The summed E-state index contributed by atoms with van der Waals surface area (Å²) in [4.78, 5) is 12.1. The van der Waals surface area contributed by atoms with Gasteiger partial charge in [0.2, 0.25) is 0 Å². The minimum atomic E-state index is 0.749. The Hall–Kier alpha value is -1.45. The van der Waals surface area contributed by atoms with E-state index in [4.69, 9.17) is 0 Å². The summed E-state index contributed by atoms with van der Waals surface area (Å²) in [6.07, 6.45) is 8.43. The van der Waals surface area contributed by atoms with Gasteiger partial charge in [0.1, 0.15) is 18.0 Å². The fourth-order valence-electron chi connectivity index (χ4n) is 1.26. The standard InChI is InChI=1S/C9H11N4/c1-2-3-4-13-7-12-8-5-10-6-11-9(8)13/h6-7H,2-4H2,1H3. The Labute approximate surface area is 76.7 Å². The lowest BCUT2D eigenvalue weighted by molar-refractivity contribution is 0.641. The number of rotatable bonds is 3. The van der Waals surface area contributed by atoms with Crippen LogP contribution in [0.3, 0.4) is 0 Å². The predicted molar refractivity (Wildman–Crippen MR) is 49.1 cm³/mol. The molecular weight excluding hydrogens is 164 g/mol. The number of unbranched alkanes of at least 4 members (excludes halogenated alkanes) is 1. The van der Waals surface area contributed by atoms with E-state index in [1.165, 1.54) is 12.7 Å². The van der Waals surface area contributed by atoms with Crippen LogP contribution in [0.2, 0.25) is 0 Å². The fraction of sp³-hybridized carbons (Fsp3) is 0.444. The third kappa shape index (κ3) is 1.52. The number of fused-ring (bicyclic) bond motifs is 1. The summed E-state index contributed by atoms with van der Waals surface area (Å²) in [5.74, 6) is 0. The summed E-state index contributed by atoms with van der Waals surface area (Å²) in [5, 5.41) is 0. The van der Waals surface area contributed by atoms with Crippen molar-refractivity contribution in [1.82, 2.24) is 19.5 Å². The van der Waals surface area contributed by atoms with Crippen LogP contribution >= 0.6 is 0 Å². The van der Waals surface area contributed by atoms with E-state index >= 15 is 0 Å². The summed E-state index contributed by atoms with van der Waals surface area (Å²) >= 11 is 0. The van der Waals surface area contributed by atoms with Crippen LogP contribution in [0.5, 0.6) is 0 Å². The molecule has 0 aliphatic carbocycles. The Morgan fingerprint density at radius 2 is 2.38 bits per heavy atom. The van der Waals surface area contributed by atoms with Crippen molar-refractivity contribution in [2.75, 3.05) is 0 Å². The number of nitrogens with zero attached hydrogens (tertiary/aromatic N) is 4. The zero-order valence-corrected chi connectivity index (χ0v) is 7.56. The Balaban J connectivity index is 2.35. The highest BCUT2D eigenvalue weighted by Crippen LogP contribution is 2.07. The molecule has 4 heteroatoms. The maximum Gasteiger partial charge on any atom is 0.163 e. The third-order valence-electron chi connectivity index (χ3n) is 1.97. The molecule has 2 aromatic heterocycles. The molecule has 4 nitrogen and oxygen atoms in total. The van der Waals surface area contributed by atoms with E-state index < -0.39 is 0 Å². The number of imidazole rings is 1. The molecule has 0 bridgehead atoms. The lowest BCUT2D eigenvalue weighted by Crippen LogP contribution is -1.96. The molecule has 0 unspecified atom stereocenters. The van der Waals surface area contributed by atoms with Crippen LogP contribution in [0.15, 0.2) is 12.7 Å². The van der Waals surface area contributed by atoms with Gasteiger partial charge in [-0.2, -0.15) is 0 Å². The second-order valence-corrected chi connectivity index (χ2v) is 2.95. The number of hydrogen-bond acceptors (Lipinski definition) is 3. The van der Waals surface area contributed by atoms with E-state index in [1.807, 2.05) is 4.57 Å². The average Bonchev–Trinajstić information content (AvgIpc) is 2.58. The predicted octanol–water partition coefficient (Wildman–Crippen LogP) is 1.43. The van der Waals surface area contributed by atoms with Crippen molar-refractivity contribution >= 4 is 11.2 Å². The second-order valence-electron chi connectivity index (χ2n) is 2.95. The van der Waals surface area contributed by atoms with Gasteiger partial charge in [-0.15, -0.1) is 0 Å². The Bertz CT molecular complexity index is 393. The molecule has 0 aliphatic heterocycles. The molecular formula is C9H11N4. The van der Waals surface area contributed by atoms with Crippen molar-refractivity contribution in [3.05, 3.63) is 18.9 Å². The molecule has 2 aromatic rings. The third-order valence-corrected chi connectivity index (χ3v) is 1.97. The molecule has 0 spiro atoms. The summed E-state index contributed by atoms with van der Waals surface area (Å²) in [5.41, 5.74) is 1.63. The molecule has 0 amide bonds. The van der Waals surface area contributed by atoms with E-state index in [-0.39, 0.29) is 0 Å². The number of aryl methyl sites for hydroxylation is 1. The van der Waals surface area contributed by atoms with Gasteiger partial charge in [-0.25, -0.2) is 15.0 Å². The molecule has 0 atom stereocenters. The number of aromatic nitrogens is 4.